The van der Waals surface area contributed by atoms with Gasteiger partial charge in [0.2, 0.25) is 0 Å². The van der Waals surface area contributed by atoms with E-state index < -0.39 is 0 Å². The van der Waals surface area contributed by atoms with E-state index in [2.05, 4.69) is 28.2 Å². The molecule has 2 aromatic heterocycles. The van der Waals surface area contributed by atoms with E-state index in [0.717, 1.165) is 43.4 Å². The fraction of sp³-hybridized carbons (Fsp3) is 0. The first-order valence-electron chi connectivity index (χ1n) is 7.75. The lowest BCUT2D eigenvalue weighted by Gasteiger charge is -2.12. The zero-order chi connectivity index (χ0) is 16.1. The molecule has 110 valence electrons. The standard InChI is InChI=1S/C21H11N3/c22-12-18-14-6-2-1-5-13(14)11-17-15-7-3-9-23-20(15)21-16(19(17)18)8-4-10-24-21/h1-11H. The summed E-state index contributed by atoms with van der Waals surface area (Å²) >= 11 is 0. The molecule has 0 radical (unpaired) electrons. The average molecular weight is 305 g/mol. The number of hydrogen-bond acceptors (Lipinski definition) is 3. The van der Waals surface area contributed by atoms with Gasteiger partial charge in [-0.1, -0.05) is 36.4 Å². The second kappa shape index (κ2) is 4.74. The smallest absolute Gasteiger partial charge is 0.100 e. The monoisotopic (exact) mass is 305 g/mol. The van der Waals surface area contributed by atoms with E-state index in [1.165, 1.54) is 0 Å². The van der Waals surface area contributed by atoms with Crippen molar-refractivity contribution in [3.05, 3.63) is 72.6 Å². The minimum absolute atomic E-state index is 0.701. The quantitative estimate of drug-likeness (QED) is 0.300. The third-order valence-corrected chi connectivity index (χ3v) is 4.56. The lowest BCUT2D eigenvalue weighted by atomic mass is 9.92. The second-order valence-corrected chi connectivity index (χ2v) is 5.81. The molecule has 5 aromatic rings. The van der Waals surface area contributed by atoms with Crippen LogP contribution in [-0.4, -0.2) is 9.97 Å². The molecule has 0 atom stereocenters. The van der Waals surface area contributed by atoms with Gasteiger partial charge in [-0.05, 0) is 29.0 Å². The molecule has 0 N–H and O–H groups in total. The highest BCUT2D eigenvalue weighted by molar-refractivity contribution is 6.27. The number of aromatic nitrogens is 2. The minimum Gasteiger partial charge on any atom is -0.254 e. The Hall–Kier alpha value is -3.51. The van der Waals surface area contributed by atoms with Crippen LogP contribution in [0.4, 0.5) is 0 Å². The zero-order valence-electron chi connectivity index (χ0n) is 12.7. The number of fused-ring (bicyclic) bond motifs is 7. The van der Waals surface area contributed by atoms with Crippen molar-refractivity contribution in [2.75, 3.05) is 0 Å². The normalized spacial score (nSPS) is 11.3. The maximum Gasteiger partial charge on any atom is 0.100 e. The van der Waals surface area contributed by atoms with Crippen molar-refractivity contribution in [1.29, 1.82) is 5.26 Å². The first-order valence-corrected chi connectivity index (χ1v) is 7.75. The number of rotatable bonds is 0. The Bertz CT molecular complexity index is 1310. The van der Waals surface area contributed by atoms with Crippen LogP contribution in [0.25, 0.3) is 43.4 Å². The fourth-order valence-corrected chi connectivity index (χ4v) is 3.56. The highest BCUT2D eigenvalue weighted by Gasteiger charge is 2.15. The maximum absolute atomic E-state index is 9.88. The molecule has 0 amide bonds. The summed E-state index contributed by atoms with van der Waals surface area (Å²) in [6.07, 6.45) is 3.56. The Morgan fingerprint density at radius 1 is 0.708 bits per heavy atom. The van der Waals surface area contributed by atoms with Crippen molar-refractivity contribution in [3.8, 4) is 6.07 Å². The fourth-order valence-electron chi connectivity index (χ4n) is 3.56. The molecule has 0 spiro atoms. The lowest BCUT2D eigenvalue weighted by molar-refractivity contribution is 1.38. The average Bonchev–Trinajstić information content (AvgIpc) is 2.66. The number of nitrogens with zero attached hydrogens (tertiary/aromatic N) is 3. The topological polar surface area (TPSA) is 49.6 Å². The molecule has 24 heavy (non-hydrogen) atoms. The van der Waals surface area contributed by atoms with Crippen molar-refractivity contribution in [1.82, 2.24) is 9.97 Å². The molecule has 0 bridgehead atoms. The van der Waals surface area contributed by atoms with E-state index in [-0.39, 0.29) is 0 Å². The van der Waals surface area contributed by atoms with Gasteiger partial charge < -0.3 is 0 Å². The SMILES string of the molecule is N#Cc1c2ccccc2cc2c3cccnc3c3ncccc3c12. The molecule has 2 heterocycles. The summed E-state index contributed by atoms with van der Waals surface area (Å²) in [5.74, 6) is 0. The predicted octanol–water partition coefficient (Wildman–Crippen LogP) is 4.96. The molecular weight excluding hydrogens is 294 g/mol. The number of nitriles is 1. The Kier molecular flexibility index (Phi) is 2.56. The van der Waals surface area contributed by atoms with Crippen molar-refractivity contribution in [2.45, 2.75) is 0 Å². The van der Waals surface area contributed by atoms with Crippen molar-refractivity contribution >= 4 is 43.4 Å². The second-order valence-electron chi connectivity index (χ2n) is 5.81. The van der Waals surface area contributed by atoms with Gasteiger partial charge in [-0.2, -0.15) is 5.26 Å². The van der Waals surface area contributed by atoms with Crippen LogP contribution in [0.15, 0.2) is 67.0 Å². The van der Waals surface area contributed by atoms with Crippen molar-refractivity contribution in [2.24, 2.45) is 0 Å². The van der Waals surface area contributed by atoms with Crippen LogP contribution in [0.5, 0.6) is 0 Å². The van der Waals surface area contributed by atoms with Gasteiger partial charge in [0.25, 0.3) is 0 Å². The van der Waals surface area contributed by atoms with Gasteiger partial charge in [-0.15, -0.1) is 0 Å². The molecule has 0 saturated heterocycles. The molecule has 0 aliphatic heterocycles. The molecule has 0 aliphatic carbocycles. The van der Waals surface area contributed by atoms with E-state index in [4.69, 9.17) is 0 Å². The molecule has 3 heteroatoms. The van der Waals surface area contributed by atoms with Crippen LogP contribution in [0.3, 0.4) is 0 Å². The van der Waals surface area contributed by atoms with Crippen LogP contribution < -0.4 is 0 Å². The number of hydrogen-bond donors (Lipinski definition) is 0. The van der Waals surface area contributed by atoms with Gasteiger partial charge in [-0.3, -0.25) is 9.97 Å². The third-order valence-electron chi connectivity index (χ3n) is 4.56. The zero-order valence-corrected chi connectivity index (χ0v) is 12.7. The van der Waals surface area contributed by atoms with E-state index in [9.17, 15) is 5.26 Å². The van der Waals surface area contributed by atoms with Crippen LogP contribution >= 0.6 is 0 Å². The molecule has 0 aliphatic rings. The Labute approximate surface area is 137 Å². The Balaban J connectivity index is 2.24. The highest BCUT2D eigenvalue weighted by atomic mass is 14.7. The summed E-state index contributed by atoms with van der Waals surface area (Å²) in [5.41, 5.74) is 2.42. The van der Waals surface area contributed by atoms with Crippen LogP contribution in [0.2, 0.25) is 0 Å². The highest BCUT2D eigenvalue weighted by Crippen LogP contribution is 2.37. The summed E-state index contributed by atoms with van der Waals surface area (Å²) in [7, 11) is 0. The minimum atomic E-state index is 0.701. The lowest BCUT2D eigenvalue weighted by Crippen LogP contribution is -1.91. The van der Waals surface area contributed by atoms with Gasteiger partial charge in [0.15, 0.2) is 0 Å². The first-order chi connectivity index (χ1) is 11.9. The van der Waals surface area contributed by atoms with Gasteiger partial charge in [0.05, 0.1) is 16.6 Å². The first kappa shape index (κ1) is 13.0. The van der Waals surface area contributed by atoms with E-state index >= 15 is 0 Å². The Morgan fingerprint density at radius 2 is 1.38 bits per heavy atom. The molecular formula is C21H11N3. The molecule has 5 rings (SSSR count). The van der Waals surface area contributed by atoms with E-state index in [0.29, 0.717) is 5.56 Å². The number of benzene rings is 3. The van der Waals surface area contributed by atoms with Gasteiger partial charge in [-0.25, -0.2) is 0 Å². The summed E-state index contributed by atoms with van der Waals surface area (Å²) in [5, 5.41) is 15.9. The van der Waals surface area contributed by atoms with Crippen LogP contribution in [0, 0.1) is 11.3 Å². The maximum atomic E-state index is 9.88. The molecule has 0 saturated carbocycles. The molecule has 0 fully saturated rings. The van der Waals surface area contributed by atoms with Crippen LogP contribution in [-0.2, 0) is 0 Å². The van der Waals surface area contributed by atoms with Gasteiger partial charge in [0, 0.05) is 33.9 Å². The van der Waals surface area contributed by atoms with Crippen molar-refractivity contribution in [3.63, 3.8) is 0 Å². The third kappa shape index (κ3) is 1.60. The van der Waals surface area contributed by atoms with Gasteiger partial charge in [0.1, 0.15) is 6.07 Å². The molecule has 3 nitrogen and oxygen atoms in total. The summed E-state index contributed by atoms with van der Waals surface area (Å²) in [4.78, 5) is 9.09. The van der Waals surface area contributed by atoms with Crippen molar-refractivity contribution < 1.29 is 0 Å². The van der Waals surface area contributed by atoms with E-state index in [1.54, 1.807) is 12.4 Å². The predicted molar refractivity (Wildman–Crippen MR) is 96.8 cm³/mol. The van der Waals surface area contributed by atoms with Crippen LogP contribution in [0.1, 0.15) is 5.56 Å². The largest absolute Gasteiger partial charge is 0.254 e. The summed E-state index contributed by atoms with van der Waals surface area (Å²) < 4.78 is 0. The summed E-state index contributed by atoms with van der Waals surface area (Å²) in [6, 6.07) is 20.5. The molecule has 3 aromatic carbocycles. The number of pyridine rings is 2. The van der Waals surface area contributed by atoms with E-state index in [1.807, 2.05) is 42.5 Å². The summed E-state index contributed by atoms with van der Waals surface area (Å²) in [6.45, 7) is 0. The van der Waals surface area contributed by atoms with Gasteiger partial charge >= 0.3 is 0 Å². The Morgan fingerprint density at radius 3 is 2.17 bits per heavy atom. The molecule has 0 unspecified atom stereocenters.